The van der Waals surface area contributed by atoms with Crippen molar-refractivity contribution >= 4 is 11.9 Å². The Kier molecular flexibility index (Phi) is 4.88. The zero-order chi connectivity index (χ0) is 15.4. The fraction of sp³-hybridized carbons (Fsp3) is 0.467. The lowest BCUT2D eigenvalue weighted by Gasteiger charge is -2.11. The Balaban J connectivity index is 1.78. The van der Waals surface area contributed by atoms with Crippen molar-refractivity contribution in [1.82, 2.24) is 5.32 Å². The smallest absolute Gasteiger partial charge is 0.306 e. The molecule has 21 heavy (non-hydrogen) atoms. The van der Waals surface area contributed by atoms with Crippen LogP contribution in [0.1, 0.15) is 24.8 Å². The molecule has 0 saturated heterocycles. The summed E-state index contributed by atoms with van der Waals surface area (Å²) >= 11 is 0. The summed E-state index contributed by atoms with van der Waals surface area (Å²) in [6.07, 6.45) is 1.77. The molecule has 1 saturated carbocycles. The van der Waals surface area contributed by atoms with Crippen molar-refractivity contribution in [2.24, 2.45) is 11.8 Å². The first-order valence-corrected chi connectivity index (χ1v) is 6.91. The summed E-state index contributed by atoms with van der Waals surface area (Å²) in [5.41, 5.74) is 0.475. The third-order valence-corrected chi connectivity index (χ3v) is 3.79. The molecular weight excluding hydrogens is 280 g/mol. The van der Waals surface area contributed by atoms with Crippen molar-refractivity contribution in [1.29, 1.82) is 0 Å². The van der Waals surface area contributed by atoms with Gasteiger partial charge < -0.3 is 10.4 Å². The zero-order valence-corrected chi connectivity index (χ0v) is 11.4. The molecule has 114 valence electrons. The predicted octanol–water partition coefficient (Wildman–Crippen LogP) is 2.12. The summed E-state index contributed by atoms with van der Waals surface area (Å²) in [4.78, 5) is 22.7. The van der Waals surface area contributed by atoms with Crippen molar-refractivity contribution in [3.63, 3.8) is 0 Å². The lowest BCUT2D eigenvalue weighted by molar-refractivity contribution is -0.141. The number of benzene rings is 1. The van der Waals surface area contributed by atoms with Crippen LogP contribution in [0.15, 0.2) is 18.2 Å². The van der Waals surface area contributed by atoms with E-state index >= 15 is 0 Å². The molecule has 2 rings (SSSR count). The van der Waals surface area contributed by atoms with E-state index in [1.165, 1.54) is 12.1 Å². The van der Waals surface area contributed by atoms with E-state index in [9.17, 15) is 18.4 Å². The highest BCUT2D eigenvalue weighted by Crippen LogP contribution is 2.31. The Hall–Kier alpha value is -1.98. The van der Waals surface area contributed by atoms with Crippen LogP contribution in [0.4, 0.5) is 8.78 Å². The monoisotopic (exact) mass is 297 g/mol. The molecule has 0 spiro atoms. The molecule has 1 aromatic rings. The number of carboxylic acid groups (broad SMARTS) is 1. The first-order valence-electron chi connectivity index (χ1n) is 6.91. The van der Waals surface area contributed by atoms with Gasteiger partial charge in [-0.25, -0.2) is 8.78 Å². The van der Waals surface area contributed by atoms with Crippen LogP contribution < -0.4 is 5.32 Å². The van der Waals surface area contributed by atoms with Gasteiger partial charge in [-0.15, -0.1) is 0 Å². The second-order valence-electron chi connectivity index (χ2n) is 5.36. The SMILES string of the molecule is O=C(O)[C@H]1CC[C@@H](C(=O)NCCc2cc(F)cc(F)c2)C1. The molecule has 0 radical (unpaired) electrons. The lowest BCUT2D eigenvalue weighted by Crippen LogP contribution is -2.31. The molecule has 0 bridgehead atoms. The fourth-order valence-corrected chi connectivity index (χ4v) is 2.67. The molecule has 1 fully saturated rings. The topological polar surface area (TPSA) is 66.4 Å². The van der Waals surface area contributed by atoms with Gasteiger partial charge in [0.25, 0.3) is 0 Å². The Bertz CT molecular complexity index is 527. The first-order chi connectivity index (χ1) is 9.95. The number of hydrogen-bond acceptors (Lipinski definition) is 2. The quantitative estimate of drug-likeness (QED) is 0.875. The number of carbonyl (C=O) groups excluding carboxylic acids is 1. The summed E-state index contributed by atoms with van der Waals surface area (Å²) in [6.45, 7) is 0.274. The van der Waals surface area contributed by atoms with Crippen molar-refractivity contribution < 1.29 is 23.5 Å². The van der Waals surface area contributed by atoms with E-state index in [-0.39, 0.29) is 18.4 Å². The van der Waals surface area contributed by atoms with Gasteiger partial charge in [-0.2, -0.15) is 0 Å². The van der Waals surface area contributed by atoms with E-state index in [4.69, 9.17) is 5.11 Å². The number of nitrogens with one attached hydrogen (secondary N) is 1. The summed E-state index contributed by atoms with van der Waals surface area (Å²) in [6, 6.07) is 3.25. The van der Waals surface area contributed by atoms with Gasteiger partial charge in [0.1, 0.15) is 11.6 Å². The van der Waals surface area contributed by atoms with Crippen LogP contribution in [0.25, 0.3) is 0 Å². The van der Waals surface area contributed by atoms with Gasteiger partial charge in [-0.1, -0.05) is 0 Å². The number of aliphatic carboxylic acids is 1. The molecule has 0 aliphatic heterocycles. The Morgan fingerprint density at radius 3 is 2.33 bits per heavy atom. The van der Waals surface area contributed by atoms with Crippen molar-refractivity contribution in [3.05, 3.63) is 35.4 Å². The maximum absolute atomic E-state index is 13.0. The summed E-state index contributed by atoms with van der Waals surface area (Å²) < 4.78 is 26.0. The highest BCUT2D eigenvalue weighted by Gasteiger charge is 2.33. The first kappa shape index (κ1) is 15.4. The van der Waals surface area contributed by atoms with Crippen molar-refractivity contribution in [2.45, 2.75) is 25.7 Å². The Morgan fingerprint density at radius 2 is 1.76 bits per heavy atom. The summed E-state index contributed by atoms with van der Waals surface area (Å²) in [5.74, 6) is -3.06. The third kappa shape index (κ3) is 4.24. The molecule has 1 aliphatic carbocycles. The molecule has 2 atom stereocenters. The van der Waals surface area contributed by atoms with E-state index in [0.29, 0.717) is 31.2 Å². The van der Waals surface area contributed by atoms with Gasteiger partial charge in [0.05, 0.1) is 5.92 Å². The second kappa shape index (κ2) is 6.65. The van der Waals surface area contributed by atoms with Crippen LogP contribution >= 0.6 is 0 Å². The van der Waals surface area contributed by atoms with E-state index in [1.807, 2.05) is 0 Å². The predicted molar refractivity (Wildman–Crippen MR) is 71.5 cm³/mol. The minimum atomic E-state index is -0.861. The normalized spacial score (nSPS) is 21.2. The maximum atomic E-state index is 13.0. The van der Waals surface area contributed by atoms with Gasteiger partial charge in [0, 0.05) is 18.5 Å². The minimum Gasteiger partial charge on any atom is -0.481 e. The third-order valence-electron chi connectivity index (χ3n) is 3.79. The highest BCUT2D eigenvalue weighted by molar-refractivity contribution is 5.80. The van der Waals surface area contributed by atoms with Crippen LogP contribution in [-0.4, -0.2) is 23.5 Å². The van der Waals surface area contributed by atoms with E-state index in [0.717, 1.165) is 6.07 Å². The number of hydrogen-bond donors (Lipinski definition) is 2. The molecule has 4 nitrogen and oxygen atoms in total. The number of carbonyl (C=O) groups is 2. The number of amides is 1. The molecule has 1 aromatic carbocycles. The van der Waals surface area contributed by atoms with Gasteiger partial charge in [0.15, 0.2) is 0 Å². The molecule has 0 aromatic heterocycles. The molecule has 1 aliphatic rings. The Labute approximate surface area is 121 Å². The molecule has 2 N–H and O–H groups in total. The largest absolute Gasteiger partial charge is 0.481 e. The van der Waals surface area contributed by atoms with E-state index < -0.39 is 23.5 Å². The lowest BCUT2D eigenvalue weighted by atomic mass is 10.0. The standard InChI is InChI=1S/C15H17F2NO3/c16-12-5-9(6-13(17)8-12)3-4-18-14(19)10-1-2-11(7-10)15(20)21/h5-6,8,10-11H,1-4,7H2,(H,18,19)(H,20,21)/t10-,11+/m1/s1. The van der Waals surface area contributed by atoms with Crippen LogP contribution in [-0.2, 0) is 16.0 Å². The second-order valence-corrected chi connectivity index (χ2v) is 5.36. The average molecular weight is 297 g/mol. The molecule has 1 amide bonds. The summed E-state index contributed by atoms with van der Waals surface area (Å²) in [5, 5.41) is 11.6. The zero-order valence-electron chi connectivity index (χ0n) is 11.4. The minimum absolute atomic E-state index is 0.185. The van der Waals surface area contributed by atoms with Crippen LogP contribution in [0.3, 0.4) is 0 Å². The molecule has 6 heteroatoms. The molecular formula is C15H17F2NO3. The van der Waals surface area contributed by atoms with E-state index in [1.54, 1.807) is 0 Å². The van der Waals surface area contributed by atoms with Crippen molar-refractivity contribution in [2.75, 3.05) is 6.54 Å². The van der Waals surface area contributed by atoms with Crippen LogP contribution in [0.2, 0.25) is 0 Å². The van der Waals surface area contributed by atoms with Crippen LogP contribution in [0, 0.1) is 23.5 Å². The van der Waals surface area contributed by atoms with Crippen molar-refractivity contribution in [3.8, 4) is 0 Å². The highest BCUT2D eigenvalue weighted by atomic mass is 19.1. The molecule has 0 heterocycles. The fourth-order valence-electron chi connectivity index (χ4n) is 2.67. The number of rotatable bonds is 5. The van der Waals surface area contributed by atoms with Gasteiger partial charge in [-0.3, -0.25) is 9.59 Å². The van der Waals surface area contributed by atoms with Gasteiger partial charge >= 0.3 is 5.97 Å². The number of halogens is 2. The summed E-state index contributed by atoms with van der Waals surface area (Å²) in [7, 11) is 0. The van der Waals surface area contributed by atoms with Crippen LogP contribution in [0.5, 0.6) is 0 Å². The Morgan fingerprint density at radius 1 is 1.14 bits per heavy atom. The maximum Gasteiger partial charge on any atom is 0.306 e. The van der Waals surface area contributed by atoms with E-state index in [2.05, 4.69) is 5.32 Å². The number of carboxylic acids is 1. The average Bonchev–Trinajstić information content (AvgIpc) is 2.87. The van der Waals surface area contributed by atoms with Gasteiger partial charge in [-0.05, 0) is 43.4 Å². The van der Waals surface area contributed by atoms with Gasteiger partial charge in [0.2, 0.25) is 5.91 Å². The molecule has 0 unspecified atom stereocenters.